The van der Waals surface area contributed by atoms with Gasteiger partial charge in [0.15, 0.2) is 5.17 Å². The van der Waals surface area contributed by atoms with E-state index >= 15 is 0 Å². The first-order valence-electron chi connectivity index (χ1n) is 11.0. The first-order chi connectivity index (χ1) is 16.8. The number of amides is 1. The highest BCUT2D eigenvalue weighted by Crippen LogP contribution is 2.36. The van der Waals surface area contributed by atoms with Crippen molar-refractivity contribution in [3.05, 3.63) is 95.8 Å². The molecule has 0 N–H and O–H groups in total. The molecule has 0 spiro atoms. The SMILES string of the molecule is CC(C)CN1C(=O)/C(=C/c2ccc(OCc3ccc(I)cc3)c(Br)c2)SC1=Nc1ccc(Cl)cc1. The summed E-state index contributed by atoms with van der Waals surface area (Å²) in [5.74, 6) is 1.03. The zero-order valence-corrected chi connectivity index (χ0v) is 24.5. The molecule has 4 nitrogen and oxygen atoms in total. The van der Waals surface area contributed by atoms with Crippen LogP contribution in [0.2, 0.25) is 5.02 Å². The number of hydrogen-bond acceptors (Lipinski definition) is 4. The van der Waals surface area contributed by atoms with Crippen molar-refractivity contribution in [1.82, 2.24) is 4.90 Å². The summed E-state index contributed by atoms with van der Waals surface area (Å²) < 4.78 is 8.01. The number of carbonyl (C=O) groups excluding carboxylic acids is 1. The molecule has 8 heteroatoms. The average molecular weight is 682 g/mol. The van der Waals surface area contributed by atoms with Crippen molar-refractivity contribution >= 4 is 84.7 Å². The predicted octanol–water partition coefficient (Wildman–Crippen LogP) is 8.55. The van der Waals surface area contributed by atoms with E-state index in [0.29, 0.717) is 34.2 Å². The lowest BCUT2D eigenvalue weighted by molar-refractivity contribution is -0.122. The molecule has 4 rings (SSSR count). The Morgan fingerprint density at radius 3 is 2.49 bits per heavy atom. The van der Waals surface area contributed by atoms with Crippen LogP contribution in [0.4, 0.5) is 5.69 Å². The van der Waals surface area contributed by atoms with Crippen LogP contribution in [0.3, 0.4) is 0 Å². The number of rotatable bonds is 7. The van der Waals surface area contributed by atoms with Crippen molar-refractivity contribution in [1.29, 1.82) is 0 Å². The number of aliphatic imine (C=N–C) groups is 1. The molecule has 0 saturated carbocycles. The van der Waals surface area contributed by atoms with Gasteiger partial charge in [-0.25, -0.2) is 4.99 Å². The first kappa shape index (κ1) is 26.3. The fourth-order valence-corrected chi connectivity index (χ4v) is 5.37. The van der Waals surface area contributed by atoms with Crippen molar-refractivity contribution in [2.24, 2.45) is 10.9 Å². The van der Waals surface area contributed by atoms with E-state index in [4.69, 9.17) is 21.3 Å². The van der Waals surface area contributed by atoms with Crippen molar-refractivity contribution < 1.29 is 9.53 Å². The van der Waals surface area contributed by atoms with E-state index in [1.54, 1.807) is 17.0 Å². The fraction of sp³-hybridized carbons (Fsp3) is 0.185. The van der Waals surface area contributed by atoms with E-state index in [1.807, 2.05) is 36.4 Å². The van der Waals surface area contributed by atoms with E-state index in [-0.39, 0.29) is 5.91 Å². The van der Waals surface area contributed by atoms with Gasteiger partial charge >= 0.3 is 0 Å². The van der Waals surface area contributed by atoms with Gasteiger partial charge in [0.2, 0.25) is 0 Å². The Morgan fingerprint density at radius 1 is 1.11 bits per heavy atom. The molecular weight excluding hydrogens is 659 g/mol. The van der Waals surface area contributed by atoms with Crippen LogP contribution in [-0.2, 0) is 11.4 Å². The first-order valence-corrected chi connectivity index (χ1v) is 14.1. The lowest BCUT2D eigenvalue weighted by Crippen LogP contribution is -2.32. The van der Waals surface area contributed by atoms with Crippen LogP contribution >= 0.6 is 61.9 Å². The van der Waals surface area contributed by atoms with Crippen LogP contribution in [0.15, 0.2) is 81.1 Å². The summed E-state index contributed by atoms with van der Waals surface area (Å²) in [6.45, 7) is 5.26. The van der Waals surface area contributed by atoms with Crippen LogP contribution in [0.1, 0.15) is 25.0 Å². The smallest absolute Gasteiger partial charge is 0.266 e. The molecule has 1 saturated heterocycles. The van der Waals surface area contributed by atoms with E-state index in [0.717, 1.165) is 27.0 Å². The standard InChI is InChI=1S/C27H23BrClIN2O2S/c1-17(2)15-32-26(33)25(35-27(32)31-22-10-6-20(29)7-11-22)14-19-5-12-24(23(28)13-19)34-16-18-3-8-21(30)9-4-18/h3-14,17H,15-16H2,1-2H3/b25-14-,31-27?. The molecule has 0 unspecified atom stereocenters. The monoisotopic (exact) mass is 680 g/mol. The molecule has 0 bridgehead atoms. The molecule has 1 heterocycles. The minimum absolute atomic E-state index is 0.0356. The second kappa shape index (κ2) is 12.0. The zero-order valence-electron chi connectivity index (χ0n) is 19.2. The number of benzene rings is 3. The molecule has 3 aromatic rings. The minimum atomic E-state index is -0.0356. The molecular formula is C27H23BrClIN2O2S. The highest BCUT2D eigenvalue weighted by molar-refractivity contribution is 14.1. The minimum Gasteiger partial charge on any atom is -0.488 e. The van der Waals surface area contributed by atoms with Gasteiger partial charge < -0.3 is 4.74 Å². The van der Waals surface area contributed by atoms with Gasteiger partial charge in [0.25, 0.3) is 5.91 Å². The number of halogens is 3. The van der Waals surface area contributed by atoms with Crippen LogP contribution in [0.25, 0.3) is 6.08 Å². The van der Waals surface area contributed by atoms with Gasteiger partial charge in [-0.1, -0.05) is 43.6 Å². The third-order valence-corrected chi connectivity index (χ3v) is 7.65. The molecule has 0 aromatic heterocycles. The molecule has 1 aliphatic heterocycles. The van der Waals surface area contributed by atoms with Crippen LogP contribution in [0, 0.1) is 9.49 Å². The van der Waals surface area contributed by atoms with E-state index in [1.165, 1.54) is 15.3 Å². The maximum absolute atomic E-state index is 13.2. The van der Waals surface area contributed by atoms with Gasteiger partial charge in [-0.3, -0.25) is 9.69 Å². The lowest BCUT2D eigenvalue weighted by atomic mass is 10.2. The highest BCUT2D eigenvalue weighted by atomic mass is 127. The topological polar surface area (TPSA) is 41.9 Å². The van der Waals surface area contributed by atoms with E-state index in [9.17, 15) is 4.79 Å². The second-order valence-electron chi connectivity index (χ2n) is 8.40. The Kier molecular flexibility index (Phi) is 8.97. The summed E-state index contributed by atoms with van der Waals surface area (Å²) in [7, 11) is 0. The van der Waals surface area contributed by atoms with Gasteiger partial charge in [0, 0.05) is 15.1 Å². The third kappa shape index (κ3) is 7.12. The van der Waals surface area contributed by atoms with Crippen LogP contribution < -0.4 is 4.74 Å². The van der Waals surface area contributed by atoms with Crippen molar-refractivity contribution in [3.63, 3.8) is 0 Å². The molecule has 1 fully saturated rings. The lowest BCUT2D eigenvalue weighted by Gasteiger charge is -2.17. The number of nitrogens with zero attached hydrogens (tertiary/aromatic N) is 2. The molecule has 3 aromatic carbocycles. The highest BCUT2D eigenvalue weighted by Gasteiger charge is 2.33. The summed E-state index contributed by atoms with van der Waals surface area (Å²) >= 11 is 13.3. The van der Waals surface area contributed by atoms with Crippen molar-refractivity contribution in [2.75, 3.05) is 6.54 Å². The second-order valence-corrected chi connectivity index (χ2v) is 11.9. The molecule has 1 amide bonds. The number of amidine groups is 1. The van der Waals surface area contributed by atoms with E-state index in [2.05, 4.69) is 76.6 Å². The van der Waals surface area contributed by atoms with Gasteiger partial charge in [0.1, 0.15) is 12.4 Å². The van der Waals surface area contributed by atoms with Gasteiger partial charge in [-0.2, -0.15) is 0 Å². The van der Waals surface area contributed by atoms with Gasteiger partial charge in [0.05, 0.1) is 15.1 Å². The van der Waals surface area contributed by atoms with Crippen LogP contribution in [-0.4, -0.2) is 22.5 Å². The average Bonchev–Trinajstić information content (AvgIpc) is 3.09. The number of carbonyl (C=O) groups is 1. The molecule has 0 aliphatic carbocycles. The Labute approximate surface area is 237 Å². The fourth-order valence-electron chi connectivity index (χ4n) is 3.36. The summed E-state index contributed by atoms with van der Waals surface area (Å²) in [5.41, 5.74) is 2.78. The number of thioether (sulfide) groups is 1. The van der Waals surface area contributed by atoms with Gasteiger partial charge in [-0.05, 0) is 122 Å². The quantitative estimate of drug-likeness (QED) is 0.186. The Bertz CT molecular complexity index is 1280. The summed E-state index contributed by atoms with van der Waals surface area (Å²) in [5, 5.41) is 1.33. The Hall–Kier alpha value is -1.81. The zero-order chi connectivity index (χ0) is 24.9. The third-order valence-electron chi connectivity index (χ3n) is 5.05. The summed E-state index contributed by atoms with van der Waals surface area (Å²) in [4.78, 5) is 20.3. The molecule has 0 radical (unpaired) electrons. The largest absolute Gasteiger partial charge is 0.488 e. The number of ether oxygens (including phenoxy) is 1. The predicted molar refractivity (Wildman–Crippen MR) is 158 cm³/mol. The maximum Gasteiger partial charge on any atom is 0.266 e. The Morgan fingerprint density at radius 2 is 1.83 bits per heavy atom. The summed E-state index contributed by atoms with van der Waals surface area (Å²) in [6, 6.07) is 21.4. The maximum atomic E-state index is 13.2. The summed E-state index contributed by atoms with van der Waals surface area (Å²) in [6.07, 6.45) is 1.90. The van der Waals surface area contributed by atoms with Crippen LogP contribution in [0.5, 0.6) is 5.75 Å². The normalized spacial score (nSPS) is 16.1. The Balaban J connectivity index is 1.53. The van der Waals surface area contributed by atoms with E-state index < -0.39 is 0 Å². The van der Waals surface area contributed by atoms with Crippen molar-refractivity contribution in [2.45, 2.75) is 20.5 Å². The van der Waals surface area contributed by atoms with Gasteiger partial charge in [-0.15, -0.1) is 0 Å². The number of hydrogen-bond donors (Lipinski definition) is 0. The molecule has 1 aliphatic rings. The van der Waals surface area contributed by atoms with Crippen molar-refractivity contribution in [3.8, 4) is 5.75 Å². The molecule has 0 atom stereocenters. The molecule has 180 valence electrons. The molecule has 35 heavy (non-hydrogen) atoms.